The number of ether oxygens (including phenoxy) is 1. The van der Waals surface area contributed by atoms with Gasteiger partial charge in [-0.2, -0.15) is 4.98 Å². The summed E-state index contributed by atoms with van der Waals surface area (Å²) in [6.07, 6.45) is 1.08. The minimum absolute atomic E-state index is 0.0254. The van der Waals surface area contributed by atoms with Crippen LogP contribution in [-0.2, 0) is 4.79 Å². The van der Waals surface area contributed by atoms with Crippen molar-refractivity contribution in [2.45, 2.75) is 45.8 Å². The van der Waals surface area contributed by atoms with Gasteiger partial charge in [0.15, 0.2) is 28.8 Å². The van der Waals surface area contributed by atoms with Gasteiger partial charge >= 0.3 is 0 Å². The molecular formula is C17H21FN6O2. The van der Waals surface area contributed by atoms with Crippen LogP contribution in [0.1, 0.15) is 34.6 Å². The van der Waals surface area contributed by atoms with Gasteiger partial charge in [-0.25, -0.2) is 14.4 Å². The molecule has 3 heterocycles. The van der Waals surface area contributed by atoms with Gasteiger partial charge in [-0.3, -0.25) is 4.79 Å². The first-order valence-electron chi connectivity index (χ1n) is 8.13. The van der Waals surface area contributed by atoms with E-state index in [-0.39, 0.29) is 29.0 Å². The van der Waals surface area contributed by atoms with E-state index in [1.54, 1.807) is 26.0 Å². The smallest absolute Gasteiger partial charge is 0.269 e. The number of hydrogen-bond donors (Lipinski definition) is 3. The number of nitrogens with zero attached hydrogens (tertiary/aromatic N) is 3. The summed E-state index contributed by atoms with van der Waals surface area (Å²) in [7, 11) is 0. The van der Waals surface area contributed by atoms with Gasteiger partial charge in [0.05, 0.1) is 6.20 Å². The van der Waals surface area contributed by atoms with Crippen molar-refractivity contribution in [3.63, 3.8) is 0 Å². The average Bonchev–Trinajstić information content (AvgIpc) is 2.50. The second-order valence-corrected chi connectivity index (χ2v) is 7.50. The lowest BCUT2D eigenvalue weighted by Crippen LogP contribution is -2.46. The Morgan fingerprint density at radius 3 is 2.65 bits per heavy atom. The fourth-order valence-electron chi connectivity index (χ4n) is 2.24. The third-order valence-corrected chi connectivity index (χ3v) is 3.48. The molecule has 3 N–H and O–H groups in total. The lowest BCUT2D eigenvalue weighted by molar-refractivity contribution is -0.129. The van der Waals surface area contributed by atoms with Crippen molar-refractivity contribution in [3.8, 4) is 5.75 Å². The Bertz CT molecular complexity index is 863. The van der Waals surface area contributed by atoms with Crippen LogP contribution in [0.2, 0.25) is 0 Å². The van der Waals surface area contributed by atoms with Crippen LogP contribution in [0.5, 0.6) is 5.75 Å². The number of pyridine rings is 1. The molecule has 1 aliphatic heterocycles. The molecule has 0 saturated carbocycles. The first-order valence-corrected chi connectivity index (χ1v) is 8.13. The van der Waals surface area contributed by atoms with Gasteiger partial charge in [-0.15, -0.1) is 0 Å². The third-order valence-electron chi connectivity index (χ3n) is 3.48. The normalized spacial score (nSPS) is 15.5. The molecule has 9 heteroatoms. The van der Waals surface area contributed by atoms with Crippen molar-refractivity contribution in [2.24, 2.45) is 0 Å². The van der Waals surface area contributed by atoms with Gasteiger partial charge in [-0.05, 0) is 46.8 Å². The summed E-state index contributed by atoms with van der Waals surface area (Å²) in [5.41, 5.74) is -1.25. The maximum absolute atomic E-state index is 14.1. The number of carbonyl (C=O) groups excluding carboxylic acids is 1. The molecule has 0 radical (unpaired) electrons. The van der Waals surface area contributed by atoms with E-state index in [2.05, 4.69) is 30.9 Å². The molecule has 0 atom stereocenters. The number of nitrogens with one attached hydrogen (secondary N) is 3. The summed E-state index contributed by atoms with van der Waals surface area (Å²) in [5, 5.41) is 8.55. The molecule has 138 valence electrons. The van der Waals surface area contributed by atoms with Crippen LogP contribution < -0.4 is 20.7 Å². The number of hydrogen-bond acceptors (Lipinski definition) is 7. The quantitative estimate of drug-likeness (QED) is 0.773. The van der Waals surface area contributed by atoms with E-state index in [1.807, 2.05) is 20.8 Å². The first-order chi connectivity index (χ1) is 12.0. The molecule has 2 aromatic heterocycles. The van der Waals surface area contributed by atoms with E-state index in [4.69, 9.17) is 4.74 Å². The Morgan fingerprint density at radius 2 is 1.96 bits per heavy atom. The van der Waals surface area contributed by atoms with Crippen molar-refractivity contribution < 1.29 is 13.9 Å². The largest absolute Gasteiger partial charge is 0.474 e. The highest BCUT2D eigenvalue weighted by Crippen LogP contribution is 2.33. The Hall–Kier alpha value is -2.97. The third kappa shape index (κ3) is 3.81. The Balaban J connectivity index is 1.85. The zero-order chi connectivity index (χ0) is 19.1. The van der Waals surface area contributed by atoms with Crippen LogP contribution in [0.3, 0.4) is 0 Å². The second kappa shape index (κ2) is 6.08. The predicted octanol–water partition coefficient (Wildman–Crippen LogP) is 3.07. The standard InChI is InChI=1S/C17H21FN6O2/c1-16(2,3)24-15-19-8-9(18)12(23-15)20-11-7-6-10-13(21-11)22-14(25)17(4,5)26-10/h6-8H,1-5H3,(H3,19,20,21,22,23,24,25). The van der Waals surface area contributed by atoms with Crippen LogP contribution in [-0.4, -0.2) is 32.0 Å². The Kier molecular flexibility index (Phi) is 4.17. The number of halogens is 1. The molecule has 0 saturated heterocycles. The summed E-state index contributed by atoms with van der Waals surface area (Å²) in [6.45, 7) is 9.17. The summed E-state index contributed by atoms with van der Waals surface area (Å²) >= 11 is 0. The molecule has 0 spiro atoms. The molecule has 0 aromatic carbocycles. The molecule has 26 heavy (non-hydrogen) atoms. The molecule has 3 rings (SSSR count). The molecule has 1 aliphatic rings. The van der Waals surface area contributed by atoms with Gasteiger partial charge in [0, 0.05) is 5.54 Å². The van der Waals surface area contributed by atoms with Crippen LogP contribution in [0.15, 0.2) is 18.3 Å². The highest BCUT2D eigenvalue weighted by atomic mass is 19.1. The minimum Gasteiger partial charge on any atom is -0.474 e. The van der Waals surface area contributed by atoms with Gasteiger partial charge in [0.2, 0.25) is 5.95 Å². The molecule has 2 aromatic rings. The monoisotopic (exact) mass is 360 g/mol. The number of anilines is 4. The highest BCUT2D eigenvalue weighted by Gasteiger charge is 2.36. The fraction of sp³-hybridized carbons (Fsp3) is 0.412. The lowest BCUT2D eigenvalue weighted by Gasteiger charge is -2.30. The summed E-state index contributed by atoms with van der Waals surface area (Å²) < 4.78 is 19.7. The maximum atomic E-state index is 14.1. The molecular weight excluding hydrogens is 339 g/mol. The van der Waals surface area contributed by atoms with E-state index in [0.717, 1.165) is 6.20 Å². The average molecular weight is 360 g/mol. The van der Waals surface area contributed by atoms with E-state index in [0.29, 0.717) is 11.6 Å². The summed E-state index contributed by atoms with van der Waals surface area (Å²) in [5.74, 6) is 0.358. The second-order valence-electron chi connectivity index (χ2n) is 7.50. The molecule has 0 bridgehead atoms. The summed E-state index contributed by atoms with van der Waals surface area (Å²) in [6, 6.07) is 3.27. The van der Waals surface area contributed by atoms with Crippen molar-refractivity contribution in [3.05, 3.63) is 24.1 Å². The van der Waals surface area contributed by atoms with E-state index in [9.17, 15) is 9.18 Å². The van der Waals surface area contributed by atoms with Crippen molar-refractivity contribution in [2.75, 3.05) is 16.0 Å². The van der Waals surface area contributed by atoms with Gasteiger partial charge < -0.3 is 20.7 Å². The maximum Gasteiger partial charge on any atom is 0.269 e. The molecule has 0 fully saturated rings. The topological polar surface area (TPSA) is 101 Å². The number of aromatic nitrogens is 3. The first kappa shape index (κ1) is 17.8. The zero-order valence-corrected chi connectivity index (χ0v) is 15.3. The molecule has 8 nitrogen and oxygen atoms in total. The van der Waals surface area contributed by atoms with Gasteiger partial charge in [-0.1, -0.05) is 0 Å². The highest BCUT2D eigenvalue weighted by molar-refractivity contribution is 5.99. The van der Waals surface area contributed by atoms with Crippen molar-refractivity contribution >= 4 is 29.3 Å². The Morgan fingerprint density at radius 1 is 1.23 bits per heavy atom. The van der Waals surface area contributed by atoms with E-state index < -0.39 is 11.4 Å². The molecule has 0 aliphatic carbocycles. The van der Waals surface area contributed by atoms with Crippen LogP contribution in [0.4, 0.5) is 27.8 Å². The number of fused-ring (bicyclic) bond motifs is 1. The minimum atomic E-state index is -0.976. The predicted molar refractivity (Wildman–Crippen MR) is 96.2 cm³/mol. The molecule has 0 unspecified atom stereocenters. The van der Waals surface area contributed by atoms with Crippen LogP contribution in [0.25, 0.3) is 0 Å². The summed E-state index contributed by atoms with van der Waals surface area (Å²) in [4.78, 5) is 24.3. The SMILES string of the molecule is CC(C)(C)Nc1ncc(F)c(Nc2ccc3c(n2)NC(=O)C(C)(C)O3)n1. The van der Waals surface area contributed by atoms with Gasteiger partial charge in [0.1, 0.15) is 5.82 Å². The number of amides is 1. The van der Waals surface area contributed by atoms with E-state index in [1.165, 1.54) is 0 Å². The van der Waals surface area contributed by atoms with Crippen LogP contribution in [0, 0.1) is 5.82 Å². The van der Waals surface area contributed by atoms with Crippen molar-refractivity contribution in [1.29, 1.82) is 0 Å². The van der Waals surface area contributed by atoms with E-state index >= 15 is 0 Å². The molecule has 1 amide bonds. The van der Waals surface area contributed by atoms with Crippen LogP contribution >= 0.6 is 0 Å². The number of carbonyl (C=O) groups is 1. The van der Waals surface area contributed by atoms with Crippen molar-refractivity contribution in [1.82, 2.24) is 15.0 Å². The lowest BCUT2D eigenvalue weighted by atomic mass is 10.1. The van der Waals surface area contributed by atoms with Gasteiger partial charge in [0.25, 0.3) is 5.91 Å². The zero-order valence-electron chi connectivity index (χ0n) is 15.3. The number of rotatable bonds is 3. The Labute approximate surface area is 150 Å². The fourth-order valence-corrected chi connectivity index (χ4v) is 2.24.